The van der Waals surface area contributed by atoms with Crippen LogP contribution in [0.5, 0.6) is 0 Å². The van der Waals surface area contributed by atoms with Crippen LogP contribution in [0.2, 0.25) is 0 Å². The van der Waals surface area contributed by atoms with E-state index in [-0.39, 0.29) is 17.4 Å². The summed E-state index contributed by atoms with van der Waals surface area (Å²) in [5.41, 5.74) is -1.01. The summed E-state index contributed by atoms with van der Waals surface area (Å²) in [7, 11) is 0. The number of Topliss-reactive ketones (excluding diaryl/α,β-unsaturated/α-hetero) is 1. The zero-order chi connectivity index (χ0) is 12.4. The average Bonchev–Trinajstić information content (AvgIpc) is 2.30. The van der Waals surface area contributed by atoms with E-state index in [9.17, 15) is 14.4 Å². The Hall–Kier alpha value is -1.69. The van der Waals surface area contributed by atoms with Crippen molar-refractivity contribution >= 4 is 5.78 Å². The first-order chi connectivity index (χ1) is 8.11. The fourth-order valence-electron chi connectivity index (χ4n) is 2.00. The highest BCUT2D eigenvalue weighted by Crippen LogP contribution is 2.15. The molecular formula is C11H14N2O4. The second kappa shape index (κ2) is 4.67. The Kier molecular flexibility index (Phi) is 3.23. The smallest absolute Gasteiger partial charge is 0.328 e. The second-order valence-corrected chi connectivity index (χ2v) is 4.11. The van der Waals surface area contributed by atoms with E-state index >= 15 is 0 Å². The number of nitrogens with zero attached hydrogens (tertiary/aromatic N) is 1. The molecular weight excluding hydrogens is 224 g/mol. The van der Waals surface area contributed by atoms with E-state index in [1.165, 1.54) is 13.1 Å². The standard InChI is InChI=1S/C11H14N2O4/c1-7(14)9-5-12-11(16)13(10(9)15)8-3-2-4-17-6-8/h5,8H,2-4,6H2,1H3,(H,12,16). The molecule has 1 aromatic rings. The summed E-state index contributed by atoms with van der Waals surface area (Å²) in [4.78, 5) is 37.3. The van der Waals surface area contributed by atoms with Gasteiger partial charge in [-0.05, 0) is 19.8 Å². The zero-order valence-electron chi connectivity index (χ0n) is 9.56. The van der Waals surface area contributed by atoms with Gasteiger partial charge >= 0.3 is 5.69 Å². The van der Waals surface area contributed by atoms with E-state index in [2.05, 4.69) is 4.98 Å². The lowest BCUT2D eigenvalue weighted by Gasteiger charge is -2.23. The normalized spacial score (nSPS) is 20.2. The molecule has 0 bridgehead atoms. The molecule has 6 heteroatoms. The van der Waals surface area contributed by atoms with Crippen LogP contribution in [-0.4, -0.2) is 28.5 Å². The lowest BCUT2D eigenvalue weighted by atomic mass is 10.1. The molecule has 2 rings (SSSR count). The van der Waals surface area contributed by atoms with Crippen LogP contribution in [0.3, 0.4) is 0 Å². The topological polar surface area (TPSA) is 81.2 Å². The van der Waals surface area contributed by atoms with Crippen molar-refractivity contribution in [3.63, 3.8) is 0 Å². The van der Waals surface area contributed by atoms with Crippen molar-refractivity contribution in [2.45, 2.75) is 25.8 Å². The molecule has 1 aromatic heterocycles. The monoisotopic (exact) mass is 238 g/mol. The van der Waals surface area contributed by atoms with E-state index in [0.29, 0.717) is 19.6 Å². The molecule has 17 heavy (non-hydrogen) atoms. The van der Waals surface area contributed by atoms with Crippen LogP contribution in [0.4, 0.5) is 0 Å². The van der Waals surface area contributed by atoms with Crippen molar-refractivity contribution in [1.82, 2.24) is 9.55 Å². The van der Waals surface area contributed by atoms with Crippen molar-refractivity contribution in [3.8, 4) is 0 Å². The Morgan fingerprint density at radius 2 is 2.29 bits per heavy atom. The van der Waals surface area contributed by atoms with Gasteiger partial charge in [-0.1, -0.05) is 0 Å². The minimum Gasteiger partial charge on any atom is -0.379 e. The largest absolute Gasteiger partial charge is 0.379 e. The molecule has 0 spiro atoms. The van der Waals surface area contributed by atoms with Gasteiger partial charge in [-0.15, -0.1) is 0 Å². The molecule has 0 aromatic carbocycles. The number of rotatable bonds is 2. The zero-order valence-corrected chi connectivity index (χ0v) is 9.56. The number of aromatic nitrogens is 2. The van der Waals surface area contributed by atoms with E-state index in [4.69, 9.17) is 4.74 Å². The van der Waals surface area contributed by atoms with Gasteiger partial charge in [0.25, 0.3) is 5.56 Å². The van der Waals surface area contributed by atoms with Crippen LogP contribution in [-0.2, 0) is 4.74 Å². The summed E-state index contributed by atoms with van der Waals surface area (Å²) >= 11 is 0. The SMILES string of the molecule is CC(=O)c1c[nH]c(=O)n(C2CCCOC2)c1=O. The molecule has 1 aliphatic rings. The van der Waals surface area contributed by atoms with Crippen molar-refractivity contribution < 1.29 is 9.53 Å². The molecule has 6 nitrogen and oxygen atoms in total. The van der Waals surface area contributed by atoms with Crippen molar-refractivity contribution in [3.05, 3.63) is 32.6 Å². The van der Waals surface area contributed by atoms with Crippen molar-refractivity contribution in [1.29, 1.82) is 0 Å². The molecule has 1 aliphatic heterocycles. The maximum atomic E-state index is 12.0. The maximum absolute atomic E-state index is 12.0. The number of carbonyl (C=O) groups excluding carboxylic acids is 1. The third-order valence-electron chi connectivity index (χ3n) is 2.89. The van der Waals surface area contributed by atoms with Gasteiger partial charge in [-0.25, -0.2) is 4.79 Å². The number of H-pyrrole nitrogens is 1. The van der Waals surface area contributed by atoms with Gasteiger partial charge in [0.2, 0.25) is 0 Å². The summed E-state index contributed by atoms with van der Waals surface area (Å²) in [6.45, 7) is 2.29. The van der Waals surface area contributed by atoms with Gasteiger partial charge in [-0.2, -0.15) is 0 Å². The van der Waals surface area contributed by atoms with Crippen LogP contribution < -0.4 is 11.2 Å². The molecule has 2 heterocycles. The number of aromatic amines is 1. The fraction of sp³-hybridized carbons (Fsp3) is 0.545. The molecule has 0 aliphatic carbocycles. The minimum absolute atomic E-state index is 0.00942. The van der Waals surface area contributed by atoms with Crippen LogP contribution in [0.25, 0.3) is 0 Å². The lowest BCUT2D eigenvalue weighted by molar-refractivity contribution is 0.0562. The highest BCUT2D eigenvalue weighted by molar-refractivity contribution is 5.93. The Bertz CT molecular complexity index is 537. The van der Waals surface area contributed by atoms with Crippen LogP contribution in [0.15, 0.2) is 15.8 Å². The van der Waals surface area contributed by atoms with Gasteiger partial charge in [0.15, 0.2) is 5.78 Å². The quantitative estimate of drug-likeness (QED) is 0.740. The van der Waals surface area contributed by atoms with Crippen LogP contribution >= 0.6 is 0 Å². The first-order valence-electron chi connectivity index (χ1n) is 5.54. The van der Waals surface area contributed by atoms with Crippen LogP contribution in [0.1, 0.15) is 36.2 Å². The highest BCUT2D eigenvalue weighted by atomic mass is 16.5. The van der Waals surface area contributed by atoms with Gasteiger partial charge in [-0.3, -0.25) is 14.2 Å². The Morgan fingerprint density at radius 1 is 1.53 bits per heavy atom. The van der Waals surface area contributed by atoms with Gasteiger partial charge in [0.05, 0.1) is 18.2 Å². The number of ketones is 1. The second-order valence-electron chi connectivity index (χ2n) is 4.11. The summed E-state index contributed by atoms with van der Waals surface area (Å²) in [6, 6.07) is -0.278. The number of hydrogen-bond donors (Lipinski definition) is 1. The first-order valence-corrected chi connectivity index (χ1v) is 5.54. The molecule has 1 saturated heterocycles. The Labute approximate surface area is 97.2 Å². The number of carbonyl (C=O) groups is 1. The molecule has 1 atom stereocenters. The predicted octanol–water partition coefficient (Wildman–Crippen LogP) is 0.0907. The van der Waals surface area contributed by atoms with Gasteiger partial charge in [0, 0.05) is 12.8 Å². The van der Waals surface area contributed by atoms with E-state index in [1.54, 1.807) is 0 Å². The maximum Gasteiger partial charge on any atom is 0.328 e. The minimum atomic E-state index is -0.531. The van der Waals surface area contributed by atoms with E-state index in [1.807, 2.05) is 0 Å². The fourth-order valence-corrected chi connectivity index (χ4v) is 2.00. The predicted molar refractivity (Wildman–Crippen MR) is 60.4 cm³/mol. The number of nitrogens with one attached hydrogen (secondary N) is 1. The highest BCUT2D eigenvalue weighted by Gasteiger charge is 2.21. The summed E-state index contributed by atoms with van der Waals surface area (Å²) < 4.78 is 6.34. The molecule has 0 saturated carbocycles. The third-order valence-corrected chi connectivity index (χ3v) is 2.89. The van der Waals surface area contributed by atoms with Gasteiger partial charge in [0.1, 0.15) is 0 Å². The van der Waals surface area contributed by atoms with Crippen molar-refractivity contribution in [2.24, 2.45) is 0 Å². The first kappa shape index (κ1) is 11.8. The molecule has 0 amide bonds. The Morgan fingerprint density at radius 3 is 2.88 bits per heavy atom. The molecule has 0 radical (unpaired) electrons. The summed E-state index contributed by atoms with van der Waals surface area (Å²) in [5.74, 6) is -0.350. The third kappa shape index (κ3) is 2.21. The summed E-state index contributed by atoms with van der Waals surface area (Å²) in [6.07, 6.45) is 2.69. The Balaban J connectivity index is 2.52. The number of hydrogen-bond acceptors (Lipinski definition) is 4. The lowest BCUT2D eigenvalue weighted by Crippen LogP contribution is -2.42. The van der Waals surface area contributed by atoms with Crippen molar-refractivity contribution in [2.75, 3.05) is 13.2 Å². The number of ether oxygens (including phenoxy) is 1. The van der Waals surface area contributed by atoms with Gasteiger partial charge < -0.3 is 9.72 Å². The van der Waals surface area contributed by atoms with E-state index < -0.39 is 11.2 Å². The molecule has 1 unspecified atom stereocenters. The summed E-state index contributed by atoms with van der Waals surface area (Å²) in [5, 5.41) is 0. The molecule has 1 fully saturated rings. The molecule has 92 valence electrons. The van der Waals surface area contributed by atoms with Crippen LogP contribution in [0, 0.1) is 0 Å². The average molecular weight is 238 g/mol. The van der Waals surface area contributed by atoms with E-state index in [0.717, 1.165) is 11.0 Å². The molecule has 1 N–H and O–H groups in total.